The van der Waals surface area contributed by atoms with Crippen LogP contribution in [-0.4, -0.2) is 193 Å². The van der Waals surface area contributed by atoms with Gasteiger partial charge in [0.2, 0.25) is 0 Å². The number of nitrogens with zero attached hydrogens (tertiary/aromatic N) is 4. The van der Waals surface area contributed by atoms with Gasteiger partial charge in [-0.25, -0.2) is 0 Å². The van der Waals surface area contributed by atoms with Crippen molar-refractivity contribution in [3.63, 3.8) is 0 Å². The van der Waals surface area contributed by atoms with Crippen LogP contribution >= 0.6 is 0 Å². The average Bonchev–Trinajstić information content (AvgIpc) is 3.10. The van der Waals surface area contributed by atoms with Gasteiger partial charge in [0.25, 0.3) is 0 Å². The summed E-state index contributed by atoms with van der Waals surface area (Å²) in [7, 11) is 0. The second-order valence-electron chi connectivity index (χ2n) is 12.2. The van der Waals surface area contributed by atoms with Crippen molar-refractivity contribution in [2.45, 2.75) is 50.4 Å². The van der Waals surface area contributed by atoms with Gasteiger partial charge in [-0.3, -0.25) is 24.4 Å². The Morgan fingerprint density at radius 3 is 1.38 bits per heavy atom. The molecular formula is C34H53GdN4O14. The molecule has 4 atom stereocenters. The molecule has 18 nitrogen and oxygen atoms in total. The molecule has 1 aliphatic rings. The topological polar surface area (TPSA) is 259 Å². The van der Waals surface area contributed by atoms with E-state index >= 15 is 0 Å². The fourth-order valence-electron chi connectivity index (χ4n) is 6.04. The smallest absolute Gasteiger partial charge is 0.548 e. The molecule has 0 saturated carbocycles. The molecule has 0 aromatic heterocycles. The SMILES string of the molecule is CCOCCOCCOc1ccc(CCC[C@@H](C(=O)O)N2CCN([C@H](CO)C(=O)[O-])CCN([C@@H](CO)C(=O)[O-])CCN([C@@H](CO)C(=O)[O-])CC2)cc1.[Gd+3]. The molecule has 0 unspecified atom stereocenters. The van der Waals surface area contributed by atoms with Crippen molar-refractivity contribution in [2.24, 2.45) is 0 Å². The molecule has 1 aliphatic heterocycles. The van der Waals surface area contributed by atoms with Crippen molar-refractivity contribution in [1.82, 2.24) is 19.6 Å². The number of aliphatic hydroxyl groups is 3. The molecule has 301 valence electrons. The largest absolute Gasteiger partial charge is 3.00 e. The zero-order valence-electron chi connectivity index (χ0n) is 30.1. The molecule has 1 heterocycles. The van der Waals surface area contributed by atoms with E-state index in [1.54, 1.807) is 4.90 Å². The number of aryl methyl sites for hydroxylation is 1. The molecule has 0 spiro atoms. The number of carboxylic acid groups (broad SMARTS) is 4. The summed E-state index contributed by atoms with van der Waals surface area (Å²) in [5, 5.41) is 75.6. The van der Waals surface area contributed by atoms with Crippen molar-refractivity contribution in [3.8, 4) is 5.75 Å². The van der Waals surface area contributed by atoms with Crippen LogP contribution < -0.4 is 20.1 Å². The van der Waals surface area contributed by atoms with E-state index in [9.17, 15) is 54.9 Å². The first kappa shape index (κ1) is 48.9. The van der Waals surface area contributed by atoms with Gasteiger partial charge in [-0.15, -0.1) is 0 Å². The van der Waals surface area contributed by atoms with Crippen LogP contribution in [0.1, 0.15) is 25.3 Å². The van der Waals surface area contributed by atoms with Crippen molar-refractivity contribution in [1.29, 1.82) is 0 Å². The molecule has 0 amide bonds. The minimum Gasteiger partial charge on any atom is -0.548 e. The number of carbonyl (C=O) groups excluding carboxylic acids is 3. The number of hydrogen-bond acceptors (Lipinski definition) is 17. The van der Waals surface area contributed by atoms with Gasteiger partial charge in [0.1, 0.15) is 18.4 Å². The van der Waals surface area contributed by atoms with Gasteiger partial charge in [-0.2, -0.15) is 0 Å². The molecule has 4 N–H and O–H groups in total. The Kier molecular flexibility index (Phi) is 25.3. The van der Waals surface area contributed by atoms with Gasteiger partial charge >= 0.3 is 45.9 Å². The fourth-order valence-corrected chi connectivity index (χ4v) is 6.04. The Labute approximate surface area is 341 Å². The summed E-state index contributed by atoms with van der Waals surface area (Å²) in [6, 6.07) is 1.78. The van der Waals surface area contributed by atoms with Crippen molar-refractivity contribution < 1.29 is 109 Å². The number of benzene rings is 1. The predicted molar refractivity (Wildman–Crippen MR) is 178 cm³/mol. The van der Waals surface area contributed by atoms with Crippen LogP contribution in [0.15, 0.2) is 24.3 Å². The summed E-state index contributed by atoms with van der Waals surface area (Å²) < 4.78 is 16.3. The molecule has 1 aromatic carbocycles. The Morgan fingerprint density at radius 2 is 1.02 bits per heavy atom. The van der Waals surface area contributed by atoms with Gasteiger partial charge in [0.15, 0.2) is 0 Å². The number of aliphatic hydroxyl groups excluding tert-OH is 3. The zero-order valence-corrected chi connectivity index (χ0v) is 32.3. The van der Waals surface area contributed by atoms with E-state index in [0.717, 1.165) is 5.56 Å². The third-order valence-corrected chi connectivity index (χ3v) is 9.02. The fraction of sp³-hybridized carbons (Fsp3) is 0.706. The van der Waals surface area contributed by atoms with Crippen molar-refractivity contribution in [3.05, 3.63) is 29.8 Å². The summed E-state index contributed by atoms with van der Waals surface area (Å²) in [5.41, 5.74) is 0.942. The molecule has 2 rings (SSSR count). The molecule has 1 fully saturated rings. The van der Waals surface area contributed by atoms with Gasteiger partial charge in [-0.1, -0.05) is 12.1 Å². The van der Waals surface area contributed by atoms with Gasteiger partial charge in [-0.05, 0) is 43.9 Å². The summed E-state index contributed by atoms with van der Waals surface area (Å²) in [6.07, 6.45) is 1.16. The maximum atomic E-state index is 12.7. The molecule has 0 bridgehead atoms. The normalized spacial score (nSPS) is 18.0. The number of rotatable bonds is 23. The number of hydrogen-bond donors (Lipinski definition) is 4. The van der Waals surface area contributed by atoms with E-state index in [-0.39, 0.29) is 98.7 Å². The molecule has 1 aromatic rings. The summed E-state index contributed by atoms with van der Waals surface area (Å²) in [5.74, 6) is -5.29. The van der Waals surface area contributed by atoms with Crippen LogP contribution in [0.4, 0.5) is 0 Å². The van der Waals surface area contributed by atoms with Crippen LogP contribution in [0.25, 0.3) is 0 Å². The number of ether oxygens (including phenoxy) is 3. The van der Waals surface area contributed by atoms with E-state index in [0.29, 0.717) is 51.6 Å². The first-order valence-electron chi connectivity index (χ1n) is 17.5. The minimum absolute atomic E-state index is 0. The second-order valence-corrected chi connectivity index (χ2v) is 12.2. The van der Waals surface area contributed by atoms with E-state index in [2.05, 4.69) is 0 Å². The van der Waals surface area contributed by atoms with E-state index in [4.69, 9.17) is 14.2 Å². The third kappa shape index (κ3) is 17.5. The molecule has 19 heteroatoms. The third-order valence-electron chi connectivity index (χ3n) is 9.02. The van der Waals surface area contributed by atoms with E-state index in [1.165, 1.54) is 14.7 Å². The number of aliphatic carboxylic acids is 4. The predicted octanol–water partition coefficient (Wildman–Crippen LogP) is -5.55. The van der Waals surface area contributed by atoms with Crippen LogP contribution in [0.5, 0.6) is 5.75 Å². The van der Waals surface area contributed by atoms with Gasteiger partial charge in [0, 0.05) is 59.0 Å². The van der Waals surface area contributed by atoms with Crippen LogP contribution in [0, 0.1) is 39.9 Å². The van der Waals surface area contributed by atoms with Crippen LogP contribution in [0.3, 0.4) is 0 Å². The Balaban J connectivity index is 0.0000140. The Hall–Kier alpha value is -2.14. The van der Waals surface area contributed by atoms with Gasteiger partial charge in [0.05, 0.1) is 75.7 Å². The van der Waals surface area contributed by atoms with E-state index < -0.39 is 67.9 Å². The standard InChI is InChI=1S/C34H56N4O14.Gd/c1-2-50-18-19-51-20-21-52-26-8-6-25(7-9-26)4-3-5-27(31(42)43)35-10-12-36(28(22-39)32(44)45)14-16-38(30(24-41)34(48)49)17-15-37(13-11-35)29(23-40)33(46)47;/h6-9,27-30,39-41H,2-5,10-24H2,1H3,(H,42,43)(H,44,45)(H,46,47)(H,48,49);/q;+3/p-3/t27-,28-,29+,30-;/m0./s1. The average molecular weight is 899 g/mol. The monoisotopic (exact) mass is 899 g/mol. The quantitative estimate of drug-likeness (QED) is 0.0747. The zero-order chi connectivity index (χ0) is 38.5. The summed E-state index contributed by atoms with van der Waals surface area (Å²) >= 11 is 0. The van der Waals surface area contributed by atoms with Gasteiger partial charge < -0.3 is 64.3 Å². The minimum atomic E-state index is -1.61. The molecule has 1 radical (unpaired) electrons. The first-order valence-corrected chi connectivity index (χ1v) is 17.5. The van der Waals surface area contributed by atoms with E-state index in [1.807, 2.05) is 31.2 Å². The molecule has 0 aliphatic carbocycles. The van der Waals surface area contributed by atoms with Crippen LogP contribution in [-0.2, 0) is 35.1 Å². The molecule has 53 heavy (non-hydrogen) atoms. The van der Waals surface area contributed by atoms with Crippen molar-refractivity contribution in [2.75, 3.05) is 105 Å². The first-order chi connectivity index (χ1) is 25.0. The summed E-state index contributed by atoms with van der Waals surface area (Å²) in [4.78, 5) is 53.9. The Bertz CT molecular complexity index is 1180. The Morgan fingerprint density at radius 1 is 0.642 bits per heavy atom. The van der Waals surface area contributed by atoms with Crippen LogP contribution in [0.2, 0.25) is 0 Å². The molecule has 1 saturated heterocycles. The molecular weight excluding hydrogens is 846 g/mol. The summed E-state index contributed by atoms with van der Waals surface area (Å²) in [6.45, 7) is 0.944. The van der Waals surface area contributed by atoms with Crippen molar-refractivity contribution >= 4 is 23.9 Å². The maximum absolute atomic E-state index is 12.7. The second kappa shape index (κ2) is 27.4. The number of carbonyl (C=O) groups is 4. The number of carboxylic acids is 4. The maximum Gasteiger partial charge on any atom is 3.00 e.